The number of ether oxygens (including phenoxy) is 2. The second-order valence-corrected chi connectivity index (χ2v) is 8.95. The van der Waals surface area contributed by atoms with Gasteiger partial charge in [-0.1, -0.05) is 0 Å². The minimum atomic E-state index is -3.78. The summed E-state index contributed by atoms with van der Waals surface area (Å²) in [5.41, 5.74) is 0.691. The molecule has 0 saturated carbocycles. The lowest BCUT2D eigenvalue weighted by Gasteiger charge is -2.36. The van der Waals surface area contributed by atoms with E-state index in [4.69, 9.17) is 9.47 Å². The van der Waals surface area contributed by atoms with Crippen LogP contribution in [0.5, 0.6) is 5.75 Å². The first kappa shape index (κ1) is 22.0. The van der Waals surface area contributed by atoms with Crippen molar-refractivity contribution in [2.24, 2.45) is 0 Å². The predicted octanol–water partition coefficient (Wildman–Crippen LogP) is 1.86. The lowest BCUT2D eigenvalue weighted by atomic mass is 10.2. The van der Waals surface area contributed by atoms with Crippen LogP contribution in [0.25, 0.3) is 0 Å². The number of sulfonamides is 1. The monoisotopic (exact) mass is 434 g/mol. The van der Waals surface area contributed by atoms with Crippen LogP contribution in [-0.2, 0) is 14.8 Å². The van der Waals surface area contributed by atoms with Gasteiger partial charge in [0.15, 0.2) is 0 Å². The standard InChI is InChI=1S/C20H26N4O5S/c1-13-11-24(12-14(2)29-13)19-8-6-16(10-22-19)23-20(25)15-5-7-17(28-4)18(9-15)30(26,27)21-3/h5-10,13-14,21H,11-12H2,1-4H3,(H,23,25). The molecule has 2 atom stereocenters. The fourth-order valence-corrected chi connectivity index (χ4v) is 4.27. The number of carbonyl (C=O) groups excluding carboxylic acids is 1. The number of nitrogens with one attached hydrogen (secondary N) is 2. The molecular weight excluding hydrogens is 408 g/mol. The van der Waals surface area contributed by atoms with E-state index in [0.29, 0.717) is 5.69 Å². The number of morpholine rings is 1. The third-order valence-corrected chi connectivity index (χ3v) is 6.17. The van der Waals surface area contributed by atoms with Crippen molar-refractivity contribution in [2.45, 2.75) is 31.0 Å². The van der Waals surface area contributed by atoms with Gasteiger partial charge in [-0.15, -0.1) is 0 Å². The summed E-state index contributed by atoms with van der Waals surface area (Å²) in [6.07, 6.45) is 1.81. The van der Waals surface area contributed by atoms with Gasteiger partial charge >= 0.3 is 0 Å². The van der Waals surface area contributed by atoms with Gasteiger partial charge in [0, 0.05) is 18.7 Å². The summed E-state index contributed by atoms with van der Waals surface area (Å²) in [7, 11) is -1.12. The number of methoxy groups -OCH3 is 1. The maximum absolute atomic E-state index is 12.6. The van der Waals surface area contributed by atoms with Crippen LogP contribution in [0.4, 0.5) is 11.5 Å². The van der Waals surface area contributed by atoms with Crippen LogP contribution < -0.4 is 19.7 Å². The molecule has 1 aromatic carbocycles. The van der Waals surface area contributed by atoms with E-state index in [-0.39, 0.29) is 28.4 Å². The molecule has 30 heavy (non-hydrogen) atoms. The zero-order chi connectivity index (χ0) is 21.9. The van der Waals surface area contributed by atoms with Crippen molar-refractivity contribution in [3.8, 4) is 5.75 Å². The first-order chi connectivity index (χ1) is 14.2. The number of hydrogen-bond acceptors (Lipinski definition) is 7. The lowest BCUT2D eigenvalue weighted by molar-refractivity contribution is -0.00545. The number of benzene rings is 1. The van der Waals surface area contributed by atoms with Crippen LogP contribution in [0, 0.1) is 0 Å². The van der Waals surface area contributed by atoms with E-state index < -0.39 is 15.9 Å². The minimum Gasteiger partial charge on any atom is -0.495 e. The SMILES string of the molecule is CNS(=O)(=O)c1cc(C(=O)Nc2ccc(N3CC(C)OC(C)C3)nc2)ccc1OC. The number of anilines is 2. The highest BCUT2D eigenvalue weighted by Gasteiger charge is 2.23. The first-order valence-corrected chi connectivity index (χ1v) is 11.0. The van der Waals surface area contributed by atoms with Gasteiger partial charge in [0.2, 0.25) is 10.0 Å². The first-order valence-electron chi connectivity index (χ1n) is 9.53. The fraction of sp³-hybridized carbons (Fsp3) is 0.400. The Hall–Kier alpha value is -2.69. The molecule has 1 aliphatic heterocycles. The highest BCUT2D eigenvalue weighted by Crippen LogP contribution is 2.25. The lowest BCUT2D eigenvalue weighted by Crippen LogP contribution is -2.45. The Kier molecular flexibility index (Phi) is 6.59. The molecule has 0 bridgehead atoms. The number of nitrogens with zero attached hydrogens (tertiary/aromatic N) is 2. The molecule has 2 heterocycles. The third-order valence-electron chi connectivity index (χ3n) is 4.73. The van der Waals surface area contributed by atoms with Crippen LogP contribution in [0.2, 0.25) is 0 Å². The largest absolute Gasteiger partial charge is 0.495 e. The van der Waals surface area contributed by atoms with Gasteiger partial charge in [0.1, 0.15) is 16.5 Å². The number of carbonyl (C=O) groups is 1. The Bertz CT molecular complexity index is 1000. The molecule has 1 aromatic heterocycles. The summed E-state index contributed by atoms with van der Waals surface area (Å²) in [5, 5.41) is 2.74. The maximum Gasteiger partial charge on any atom is 0.255 e. The number of hydrogen-bond donors (Lipinski definition) is 2. The summed E-state index contributed by atoms with van der Waals surface area (Å²) >= 11 is 0. The second-order valence-electron chi connectivity index (χ2n) is 7.09. The minimum absolute atomic E-state index is 0.107. The predicted molar refractivity (Wildman–Crippen MR) is 114 cm³/mol. The Morgan fingerprint density at radius 1 is 1.20 bits per heavy atom. The summed E-state index contributed by atoms with van der Waals surface area (Å²) in [6, 6.07) is 7.83. The molecule has 0 aliphatic carbocycles. The molecule has 1 fully saturated rings. The average Bonchev–Trinajstić information content (AvgIpc) is 2.73. The van der Waals surface area contributed by atoms with Crippen molar-refractivity contribution in [3.05, 3.63) is 42.1 Å². The number of amides is 1. The molecule has 2 aromatic rings. The molecular formula is C20H26N4O5S. The highest BCUT2D eigenvalue weighted by atomic mass is 32.2. The quantitative estimate of drug-likeness (QED) is 0.714. The van der Waals surface area contributed by atoms with E-state index in [9.17, 15) is 13.2 Å². The molecule has 162 valence electrons. The normalized spacial score (nSPS) is 19.4. The van der Waals surface area contributed by atoms with Crippen LogP contribution >= 0.6 is 0 Å². The summed E-state index contributed by atoms with van der Waals surface area (Å²) in [5.74, 6) is 0.510. The van der Waals surface area contributed by atoms with E-state index >= 15 is 0 Å². The number of pyridine rings is 1. The summed E-state index contributed by atoms with van der Waals surface area (Å²) in [4.78, 5) is 19.1. The molecule has 10 heteroatoms. The number of rotatable bonds is 6. The molecule has 3 rings (SSSR count). The maximum atomic E-state index is 12.6. The van der Waals surface area contributed by atoms with E-state index in [1.807, 2.05) is 19.9 Å². The van der Waals surface area contributed by atoms with Gasteiger partial charge in [-0.2, -0.15) is 0 Å². The third kappa shape index (κ3) is 4.89. The average molecular weight is 435 g/mol. The van der Waals surface area contributed by atoms with Crippen LogP contribution in [0.3, 0.4) is 0 Å². The van der Waals surface area contributed by atoms with Crippen molar-refractivity contribution in [1.29, 1.82) is 0 Å². The van der Waals surface area contributed by atoms with Gasteiger partial charge in [0.25, 0.3) is 5.91 Å². The molecule has 0 radical (unpaired) electrons. The van der Waals surface area contributed by atoms with E-state index in [0.717, 1.165) is 18.9 Å². The van der Waals surface area contributed by atoms with E-state index in [1.54, 1.807) is 12.3 Å². The van der Waals surface area contributed by atoms with Crippen molar-refractivity contribution < 1.29 is 22.7 Å². The van der Waals surface area contributed by atoms with Crippen LogP contribution in [-0.4, -0.2) is 58.8 Å². The number of aromatic nitrogens is 1. The van der Waals surface area contributed by atoms with Gasteiger partial charge in [0.05, 0.1) is 31.2 Å². The molecule has 1 aliphatic rings. The Morgan fingerprint density at radius 3 is 2.47 bits per heavy atom. The zero-order valence-electron chi connectivity index (χ0n) is 17.4. The van der Waals surface area contributed by atoms with Gasteiger partial charge in [-0.25, -0.2) is 18.1 Å². The van der Waals surface area contributed by atoms with Crippen LogP contribution in [0.1, 0.15) is 24.2 Å². The van der Waals surface area contributed by atoms with Crippen molar-refractivity contribution >= 4 is 27.4 Å². The van der Waals surface area contributed by atoms with Crippen LogP contribution in [0.15, 0.2) is 41.4 Å². The smallest absolute Gasteiger partial charge is 0.255 e. The Balaban J connectivity index is 1.75. The molecule has 2 N–H and O–H groups in total. The van der Waals surface area contributed by atoms with Gasteiger partial charge < -0.3 is 19.7 Å². The zero-order valence-corrected chi connectivity index (χ0v) is 18.2. The Morgan fingerprint density at radius 2 is 1.90 bits per heavy atom. The van der Waals surface area contributed by atoms with Crippen molar-refractivity contribution in [1.82, 2.24) is 9.71 Å². The molecule has 0 spiro atoms. The molecule has 1 amide bonds. The van der Waals surface area contributed by atoms with E-state index in [1.165, 1.54) is 32.4 Å². The molecule has 2 unspecified atom stereocenters. The summed E-state index contributed by atoms with van der Waals surface area (Å²) < 4.78 is 37.5. The fourth-order valence-electron chi connectivity index (χ4n) is 3.35. The van der Waals surface area contributed by atoms with E-state index in [2.05, 4.69) is 19.9 Å². The van der Waals surface area contributed by atoms with Gasteiger partial charge in [-0.05, 0) is 51.2 Å². The molecule has 1 saturated heterocycles. The summed E-state index contributed by atoms with van der Waals surface area (Å²) in [6.45, 7) is 5.54. The van der Waals surface area contributed by atoms with Gasteiger partial charge in [-0.3, -0.25) is 4.79 Å². The highest BCUT2D eigenvalue weighted by molar-refractivity contribution is 7.89. The van der Waals surface area contributed by atoms with Crippen molar-refractivity contribution in [2.75, 3.05) is 37.5 Å². The molecule has 9 nitrogen and oxygen atoms in total. The Labute approximate surface area is 176 Å². The topological polar surface area (TPSA) is 110 Å². The second kappa shape index (κ2) is 8.99. The van der Waals surface area contributed by atoms with Crippen molar-refractivity contribution in [3.63, 3.8) is 0 Å².